The van der Waals surface area contributed by atoms with Crippen LogP contribution in [-0.4, -0.2) is 39.2 Å². The molecule has 4 nitrogen and oxygen atoms in total. The molecule has 0 fully saturated rings. The van der Waals surface area contributed by atoms with Gasteiger partial charge in [0.2, 0.25) is 0 Å². The van der Waals surface area contributed by atoms with Crippen molar-refractivity contribution in [2.24, 2.45) is 0 Å². The summed E-state index contributed by atoms with van der Waals surface area (Å²) in [6.07, 6.45) is 0. The van der Waals surface area contributed by atoms with Gasteiger partial charge in [0.15, 0.2) is 5.05 Å². The summed E-state index contributed by atoms with van der Waals surface area (Å²) >= 11 is 9.30. The summed E-state index contributed by atoms with van der Waals surface area (Å²) < 4.78 is 20.6. The SMILES string of the molecule is CCO[Si](C)(OCC)OC(C)=S.COC(C)=S. The van der Waals surface area contributed by atoms with Gasteiger partial charge in [0, 0.05) is 33.6 Å². The van der Waals surface area contributed by atoms with E-state index >= 15 is 0 Å². The molecule has 0 atom stereocenters. The molecule has 7 heteroatoms. The zero-order valence-electron chi connectivity index (χ0n) is 11.4. The van der Waals surface area contributed by atoms with Gasteiger partial charge in [-0.3, -0.25) is 0 Å². The van der Waals surface area contributed by atoms with Crippen LogP contribution in [0.15, 0.2) is 0 Å². The maximum Gasteiger partial charge on any atom is 0.563 e. The zero-order valence-corrected chi connectivity index (χ0v) is 14.0. The van der Waals surface area contributed by atoms with Gasteiger partial charge in [-0.25, -0.2) is 0 Å². The fourth-order valence-corrected chi connectivity index (χ4v) is 3.11. The zero-order chi connectivity index (χ0) is 13.9. The summed E-state index contributed by atoms with van der Waals surface area (Å²) in [4.78, 5) is 0. The Morgan fingerprint density at radius 1 is 1.00 bits per heavy atom. The molecule has 0 saturated heterocycles. The summed E-state index contributed by atoms with van der Waals surface area (Å²) in [6.45, 7) is 10.3. The molecule has 0 amide bonds. The van der Waals surface area contributed by atoms with Crippen LogP contribution in [0.5, 0.6) is 0 Å². The van der Waals surface area contributed by atoms with E-state index in [1.807, 2.05) is 20.4 Å². The van der Waals surface area contributed by atoms with Gasteiger partial charge in [-0.2, -0.15) is 0 Å². The Labute approximate surface area is 116 Å². The van der Waals surface area contributed by atoms with Crippen molar-refractivity contribution in [1.82, 2.24) is 0 Å². The van der Waals surface area contributed by atoms with Crippen LogP contribution in [0.2, 0.25) is 6.55 Å². The quantitative estimate of drug-likeness (QED) is 0.574. The number of hydrogen-bond acceptors (Lipinski definition) is 6. The molecule has 0 aliphatic heterocycles. The highest BCUT2D eigenvalue weighted by Crippen LogP contribution is 2.09. The number of methoxy groups -OCH3 is 1. The summed E-state index contributed by atoms with van der Waals surface area (Å²) in [5.74, 6) is 0. The van der Waals surface area contributed by atoms with Gasteiger partial charge in [-0.05, 0) is 38.3 Å². The third kappa shape index (κ3) is 13.9. The van der Waals surface area contributed by atoms with Crippen LogP contribution in [0.3, 0.4) is 0 Å². The minimum Gasteiger partial charge on any atom is -0.495 e. The average Bonchev–Trinajstić information content (AvgIpc) is 2.17. The van der Waals surface area contributed by atoms with E-state index in [2.05, 4.69) is 17.0 Å². The second-order valence-electron chi connectivity index (χ2n) is 3.02. The number of hydrogen-bond donors (Lipinski definition) is 0. The molecule has 0 aromatic carbocycles. The Kier molecular flexibility index (Phi) is 12.5. The molecular formula is C10H22O4S2Si. The van der Waals surface area contributed by atoms with E-state index in [4.69, 9.17) is 25.5 Å². The molecule has 0 bridgehead atoms. The van der Waals surface area contributed by atoms with Crippen molar-refractivity contribution in [2.45, 2.75) is 34.2 Å². The molecule has 0 aromatic heterocycles. The first-order valence-corrected chi connectivity index (χ1v) is 8.37. The van der Waals surface area contributed by atoms with E-state index in [0.29, 0.717) is 23.3 Å². The Hall–Kier alpha value is -0.0831. The summed E-state index contributed by atoms with van der Waals surface area (Å²) in [5.41, 5.74) is 0. The largest absolute Gasteiger partial charge is 0.563 e. The van der Waals surface area contributed by atoms with Crippen LogP contribution in [0.4, 0.5) is 0 Å². The van der Waals surface area contributed by atoms with Crippen LogP contribution in [0, 0.1) is 0 Å². The molecule has 0 aliphatic carbocycles. The predicted molar refractivity (Wildman–Crippen MR) is 79.5 cm³/mol. The molecule has 0 saturated carbocycles. The molecule has 17 heavy (non-hydrogen) atoms. The summed E-state index contributed by atoms with van der Waals surface area (Å²) in [6, 6.07) is 0. The average molecular weight is 299 g/mol. The van der Waals surface area contributed by atoms with E-state index in [1.165, 1.54) is 0 Å². The van der Waals surface area contributed by atoms with Gasteiger partial charge in [-0.15, -0.1) is 0 Å². The predicted octanol–water partition coefficient (Wildman–Crippen LogP) is 2.97. The first-order chi connectivity index (χ1) is 7.81. The molecular weight excluding hydrogens is 276 g/mol. The Morgan fingerprint density at radius 3 is 1.53 bits per heavy atom. The topological polar surface area (TPSA) is 36.9 Å². The van der Waals surface area contributed by atoms with Crippen molar-refractivity contribution in [3.05, 3.63) is 0 Å². The maximum absolute atomic E-state index is 5.39. The molecule has 0 radical (unpaired) electrons. The second-order valence-corrected chi connectivity index (χ2v) is 6.67. The molecule has 0 aromatic rings. The van der Waals surface area contributed by atoms with Gasteiger partial charge in [0.05, 0.1) is 7.11 Å². The third-order valence-corrected chi connectivity index (χ3v) is 4.13. The third-order valence-electron chi connectivity index (χ3n) is 1.43. The van der Waals surface area contributed by atoms with E-state index < -0.39 is 8.80 Å². The van der Waals surface area contributed by atoms with Crippen LogP contribution in [0.1, 0.15) is 27.7 Å². The lowest BCUT2D eigenvalue weighted by Gasteiger charge is -2.24. The number of rotatable bonds is 5. The van der Waals surface area contributed by atoms with Gasteiger partial charge < -0.3 is 18.0 Å². The van der Waals surface area contributed by atoms with Crippen LogP contribution in [-0.2, 0) is 18.0 Å². The molecule has 0 spiro atoms. The van der Waals surface area contributed by atoms with E-state index in [9.17, 15) is 0 Å². The summed E-state index contributed by atoms with van der Waals surface area (Å²) in [7, 11) is -0.896. The lowest BCUT2D eigenvalue weighted by molar-refractivity contribution is 0.121. The van der Waals surface area contributed by atoms with Gasteiger partial charge in [-0.1, -0.05) is 0 Å². The molecule has 0 unspecified atom stereocenters. The van der Waals surface area contributed by atoms with Crippen molar-refractivity contribution in [1.29, 1.82) is 0 Å². The van der Waals surface area contributed by atoms with Crippen molar-refractivity contribution >= 4 is 43.3 Å². The second kappa shape index (κ2) is 11.0. The minimum absolute atomic E-state index is 0.478. The van der Waals surface area contributed by atoms with Crippen molar-refractivity contribution < 1.29 is 18.0 Å². The van der Waals surface area contributed by atoms with Crippen molar-refractivity contribution in [3.8, 4) is 0 Å². The highest BCUT2D eigenvalue weighted by atomic mass is 32.1. The van der Waals surface area contributed by atoms with Crippen LogP contribution >= 0.6 is 24.4 Å². The molecule has 0 N–H and O–H groups in total. The number of ether oxygens (including phenoxy) is 1. The highest BCUT2D eigenvalue weighted by Gasteiger charge is 2.36. The molecule has 0 aliphatic rings. The van der Waals surface area contributed by atoms with E-state index in [-0.39, 0.29) is 0 Å². The lowest BCUT2D eigenvalue weighted by atomic mass is 10.9. The van der Waals surface area contributed by atoms with Crippen molar-refractivity contribution in [2.75, 3.05) is 20.3 Å². The first-order valence-electron chi connectivity index (χ1n) is 5.33. The standard InChI is InChI=1S/C7H16O3SSi.C3H6OS/c1-5-8-12(4,9-6-2)10-7(3)11;1-3(5)4-2/h5-6H2,1-4H3;1-2H3. The maximum atomic E-state index is 5.39. The van der Waals surface area contributed by atoms with Crippen LogP contribution in [0.25, 0.3) is 0 Å². The van der Waals surface area contributed by atoms with E-state index in [1.54, 1.807) is 21.0 Å². The molecule has 0 heterocycles. The van der Waals surface area contributed by atoms with Crippen molar-refractivity contribution in [3.63, 3.8) is 0 Å². The minimum atomic E-state index is -2.45. The first kappa shape index (κ1) is 19.3. The Morgan fingerprint density at radius 2 is 1.35 bits per heavy atom. The normalized spacial score (nSPS) is 10.0. The fourth-order valence-electron chi connectivity index (χ4n) is 0.886. The monoisotopic (exact) mass is 298 g/mol. The number of thiocarbonyl (C=S) groups is 2. The summed E-state index contributed by atoms with van der Waals surface area (Å²) in [5, 5.41) is 1.07. The Bertz CT molecular complexity index is 230. The molecule has 102 valence electrons. The molecule has 0 rings (SSSR count). The van der Waals surface area contributed by atoms with Gasteiger partial charge in [0.25, 0.3) is 0 Å². The highest BCUT2D eigenvalue weighted by molar-refractivity contribution is 7.80. The van der Waals surface area contributed by atoms with Gasteiger partial charge >= 0.3 is 8.80 Å². The van der Waals surface area contributed by atoms with Gasteiger partial charge in [0.1, 0.15) is 5.05 Å². The fraction of sp³-hybridized carbons (Fsp3) is 0.800. The van der Waals surface area contributed by atoms with Crippen LogP contribution < -0.4 is 0 Å². The lowest BCUT2D eigenvalue weighted by Crippen LogP contribution is -2.43. The Balaban J connectivity index is 0. The van der Waals surface area contributed by atoms with E-state index in [0.717, 1.165) is 0 Å². The smallest absolute Gasteiger partial charge is 0.495 e.